The highest BCUT2D eigenvalue weighted by atomic mass is 32.1. The Kier molecular flexibility index (Phi) is 1.97. The van der Waals surface area contributed by atoms with E-state index in [4.69, 9.17) is 0 Å². The summed E-state index contributed by atoms with van der Waals surface area (Å²) in [4.78, 5) is 4.37. The largest absolute Gasteiger partial charge is 0.275 e. The van der Waals surface area contributed by atoms with Crippen LogP contribution >= 0.6 is 12.6 Å². The molecule has 5 nitrogen and oxygen atoms in total. The summed E-state index contributed by atoms with van der Waals surface area (Å²) < 4.78 is 3.43. The van der Waals surface area contributed by atoms with Crippen molar-refractivity contribution in [3.05, 3.63) is 30.7 Å². The summed E-state index contributed by atoms with van der Waals surface area (Å²) in [6.45, 7) is 0. The molecule has 0 spiro atoms. The first-order chi connectivity index (χ1) is 7.74. The summed E-state index contributed by atoms with van der Waals surface area (Å²) in [5.74, 6) is 0. The van der Waals surface area contributed by atoms with E-state index in [2.05, 4.69) is 27.8 Å². The summed E-state index contributed by atoms with van der Waals surface area (Å²) in [5.41, 5.74) is 2.80. The molecular formula is C10H9N5S. The predicted octanol–water partition coefficient (Wildman–Crippen LogP) is 1.42. The van der Waals surface area contributed by atoms with Crippen molar-refractivity contribution in [1.82, 2.24) is 24.4 Å². The third-order valence-corrected chi connectivity index (χ3v) is 2.66. The second-order valence-electron chi connectivity index (χ2n) is 3.51. The Balaban J connectivity index is 2.24. The molecule has 3 rings (SSSR count). The predicted molar refractivity (Wildman–Crippen MR) is 62.4 cm³/mol. The molecule has 0 radical (unpaired) electrons. The molecule has 0 atom stereocenters. The van der Waals surface area contributed by atoms with Gasteiger partial charge in [-0.2, -0.15) is 10.2 Å². The van der Waals surface area contributed by atoms with Gasteiger partial charge < -0.3 is 0 Å². The highest BCUT2D eigenvalue weighted by molar-refractivity contribution is 7.80. The first kappa shape index (κ1) is 9.41. The quantitative estimate of drug-likeness (QED) is 0.509. The molecule has 0 bridgehead atoms. The van der Waals surface area contributed by atoms with Gasteiger partial charge in [-0.3, -0.25) is 4.68 Å². The molecule has 6 heteroatoms. The topological polar surface area (TPSA) is 48.0 Å². The lowest BCUT2D eigenvalue weighted by Crippen LogP contribution is -1.95. The molecule has 0 saturated carbocycles. The van der Waals surface area contributed by atoms with E-state index in [1.54, 1.807) is 21.6 Å². The number of aromatic nitrogens is 5. The van der Waals surface area contributed by atoms with Crippen molar-refractivity contribution in [2.45, 2.75) is 5.16 Å². The zero-order valence-electron chi connectivity index (χ0n) is 8.57. The Bertz CT molecular complexity index is 654. The first-order valence-electron chi connectivity index (χ1n) is 4.77. The van der Waals surface area contributed by atoms with Crippen molar-refractivity contribution in [2.24, 2.45) is 7.05 Å². The molecule has 0 aromatic carbocycles. The number of fused-ring (bicyclic) bond motifs is 1. The van der Waals surface area contributed by atoms with Gasteiger partial charge in [0.15, 0.2) is 5.16 Å². The number of rotatable bonds is 1. The molecule has 0 saturated heterocycles. The van der Waals surface area contributed by atoms with E-state index >= 15 is 0 Å². The molecule has 0 N–H and O–H groups in total. The van der Waals surface area contributed by atoms with E-state index in [0.29, 0.717) is 5.16 Å². The van der Waals surface area contributed by atoms with Gasteiger partial charge in [0.2, 0.25) is 0 Å². The van der Waals surface area contributed by atoms with Gasteiger partial charge in [0, 0.05) is 18.8 Å². The summed E-state index contributed by atoms with van der Waals surface area (Å²) in [6, 6.07) is 3.88. The molecule has 0 unspecified atom stereocenters. The summed E-state index contributed by atoms with van der Waals surface area (Å²) >= 11 is 4.31. The van der Waals surface area contributed by atoms with Crippen LogP contribution in [0.5, 0.6) is 0 Å². The number of thiol groups is 1. The van der Waals surface area contributed by atoms with Crippen LogP contribution in [0.3, 0.4) is 0 Å². The fraction of sp³-hybridized carbons (Fsp3) is 0.100. The van der Waals surface area contributed by atoms with Crippen molar-refractivity contribution < 1.29 is 0 Å². The van der Waals surface area contributed by atoms with Gasteiger partial charge in [-0.25, -0.2) is 9.50 Å². The highest BCUT2D eigenvalue weighted by Gasteiger charge is 2.06. The smallest absolute Gasteiger partial charge is 0.186 e. The van der Waals surface area contributed by atoms with Crippen LogP contribution in [-0.4, -0.2) is 24.4 Å². The second-order valence-corrected chi connectivity index (χ2v) is 3.91. The van der Waals surface area contributed by atoms with E-state index < -0.39 is 0 Å². The maximum absolute atomic E-state index is 4.37. The van der Waals surface area contributed by atoms with E-state index in [1.165, 1.54) is 0 Å². The number of hydrogen-bond acceptors (Lipinski definition) is 4. The maximum Gasteiger partial charge on any atom is 0.186 e. The number of nitrogens with zero attached hydrogens (tertiary/aromatic N) is 5. The summed E-state index contributed by atoms with van der Waals surface area (Å²) in [5, 5.41) is 8.81. The van der Waals surface area contributed by atoms with Crippen molar-refractivity contribution in [1.29, 1.82) is 0 Å². The highest BCUT2D eigenvalue weighted by Crippen LogP contribution is 2.20. The van der Waals surface area contributed by atoms with E-state index in [-0.39, 0.29) is 0 Å². The number of hydrogen-bond donors (Lipinski definition) is 1. The Labute approximate surface area is 97.1 Å². The van der Waals surface area contributed by atoms with Gasteiger partial charge in [-0.1, -0.05) is 0 Å². The molecule has 16 heavy (non-hydrogen) atoms. The molecule has 3 heterocycles. The minimum atomic E-state index is 0.571. The molecule has 3 aromatic rings. The van der Waals surface area contributed by atoms with Crippen LogP contribution in [0.25, 0.3) is 16.8 Å². The van der Waals surface area contributed by atoms with Gasteiger partial charge >= 0.3 is 0 Å². The molecule has 0 fully saturated rings. The lowest BCUT2D eigenvalue weighted by Gasteiger charge is -2.01. The van der Waals surface area contributed by atoms with Crippen LogP contribution in [0.15, 0.2) is 35.9 Å². The van der Waals surface area contributed by atoms with Crippen molar-refractivity contribution in [3.8, 4) is 11.3 Å². The third kappa shape index (κ3) is 1.38. The van der Waals surface area contributed by atoms with Gasteiger partial charge in [-0.05, 0) is 12.1 Å². The van der Waals surface area contributed by atoms with Gasteiger partial charge in [-0.15, -0.1) is 12.6 Å². The number of aryl methyl sites for hydroxylation is 1. The normalized spacial score (nSPS) is 11.1. The zero-order chi connectivity index (χ0) is 11.1. The Morgan fingerprint density at radius 2 is 2.19 bits per heavy atom. The monoisotopic (exact) mass is 231 g/mol. The Morgan fingerprint density at radius 3 is 2.94 bits per heavy atom. The molecule has 3 aromatic heterocycles. The minimum absolute atomic E-state index is 0.571. The van der Waals surface area contributed by atoms with Gasteiger partial charge in [0.1, 0.15) is 0 Å². The van der Waals surface area contributed by atoms with Crippen LogP contribution in [0, 0.1) is 0 Å². The Morgan fingerprint density at radius 1 is 1.31 bits per heavy atom. The molecular weight excluding hydrogens is 222 g/mol. The van der Waals surface area contributed by atoms with Crippen molar-refractivity contribution in [2.75, 3.05) is 0 Å². The van der Waals surface area contributed by atoms with Gasteiger partial charge in [0.05, 0.1) is 23.6 Å². The standard InChI is InChI=1S/C10H9N5S/c1-14-6-7(5-12-14)9-4-8-2-3-11-15(8)10(16)13-9/h2-6H,1H3,(H,13,16). The van der Waals surface area contributed by atoms with E-state index in [0.717, 1.165) is 16.8 Å². The molecule has 0 aliphatic heterocycles. The van der Waals surface area contributed by atoms with E-state index in [1.807, 2.05) is 25.4 Å². The molecule has 0 aliphatic carbocycles. The van der Waals surface area contributed by atoms with Crippen LogP contribution in [-0.2, 0) is 7.05 Å². The maximum atomic E-state index is 4.37. The Hall–Kier alpha value is -1.82. The fourth-order valence-corrected chi connectivity index (χ4v) is 1.89. The SMILES string of the molecule is Cn1cc(-c2cc3ccnn3c(S)n2)cn1. The lowest BCUT2D eigenvalue weighted by atomic mass is 10.2. The van der Waals surface area contributed by atoms with Crippen molar-refractivity contribution in [3.63, 3.8) is 0 Å². The minimum Gasteiger partial charge on any atom is -0.275 e. The van der Waals surface area contributed by atoms with Gasteiger partial charge in [0.25, 0.3) is 0 Å². The fourth-order valence-electron chi connectivity index (χ4n) is 1.62. The van der Waals surface area contributed by atoms with Crippen LogP contribution in [0.4, 0.5) is 0 Å². The second kappa shape index (κ2) is 3.34. The van der Waals surface area contributed by atoms with Crippen molar-refractivity contribution >= 4 is 18.1 Å². The summed E-state index contributed by atoms with van der Waals surface area (Å²) in [6.07, 6.45) is 5.43. The zero-order valence-corrected chi connectivity index (χ0v) is 9.46. The molecule has 80 valence electrons. The third-order valence-electron chi connectivity index (χ3n) is 2.37. The average molecular weight is 231 g/mol. The van der Waals surface area contributed by atoms with Crippen LogP contribution in [0.1, 0.15) is 0 Å². The first-order valence-corrected chi connectivity index (χ1v) is 5.21. The van der Waals surface area contributed by atoms with E-state index in [9.17, 15) is 0 Å². The van der Waals surface area contributed by atoms with Crippen LogP contribution < -0.4 is 0 Å². The lowest BCUT2D eigenvalue weighted by molar-refractivity contribution is 0.767. The van der Waals surface area contributed by atoms with Crippen LogP contribution in [0.2, 0.25) is 0 Å². The summed E-state index contributed by atoms with van der Waals surface area (Å²) in [7, 11) is 1.88. The molecule has 0 amide bonds. The molecule has 0 aliphatic rings. The average Bonchev–Trinajstić information content (AvgIpc) is 2.85.